The van der Waals surface area contributed by atoms with E-state index >= 15 is 0 Å². The second-order valence-electron chi connectivity index (χ2n) is 3.88. The molecule has 6 nitrogen and oxygen atoms in total. The number of likely N-dealkylation sites (N-methyl/N-ethyl adjacent to an activating group) is 1. The zero-order chi connectivity index (χ0) is 13.5. The predicted molar refractivity (Wildman–Crippen MR) is 70.4 cm³/mol. The van der Waals surface area contributed by atoms with Crippen molar-refractivity contribution < 1.29 is 14.3 Å². The molecule has 0 spiro atoms. The van der Waals surface area contributed by atoms with Gasteiger partial charge in [0.1, 0.15) is 5.69 Å². The Morgan fingerprint density at radius 3 is 2.89 bits per heavy atom. The van der Waals surface area contributed by atoms with Gasteiger partial charge in [-0.1, -0.05) is 0 Å². The van der Waals surface area contributed by atoms with Crippen LogP contribution in [0.1, 0.15) is 5.69 Å². The lowest BCUT2D eigenvalue weighted by molar-refractivity contribution is 0.101. The van der Waals surface area contributed by atoms with Gasteiger partial charge in [-0.2, -0.15) is 0 Å². The maximum atomic E-state index is 10.8. The van der Waals surface area contributed by atoms with Crippen molar-refractivity contribution in [3.63, 3.8) is 0 Å². The van der Waals surface area contributed by atoms with Crippen molar-refractivity contribution in [2.24, 2.45) is 5.73 Å². The maximum Gasteiger partial charge on any atom is 0.410 e. The third kappa shape index (κ3) is 5.44. The van der Waals surface area contributed by atoms with Gasteiger partial charge < -0.3 is 20.1 Å². The number of carbonyl (C=O) groups excluding carboxylic acids is 1. The van der Waals surface area contributed by atoms with E-state index in [0.717, 1.165) is 6.54 Å². The van der Waals surface area contributed by atoms with E-state index in [-0.39, 0.29) is 6.61 Å². The first-order valence-corrected chi connectivity index (χ1v) is 6.12. The van der Waals surface area contributed by atoms with Crippen LogP contribution in [0.15, 0.2) is 16.7 Å². The molecular formula is C11H16BrN3O3. The molecule has 0 bridgehead atoms. The van der Waals surface area contributed by atoms with Crippen LogP contribution in [-0.4, -0.2) is 43.2 Å². The fraction of sp³-hybridized carbons (Fsp3) is 0.455. The highest BCUT2D eigenvalue weighted by atomic mass is 79.9. The van der Waals surface area contributed by atoms with Crippen LogP contribution in [0.5, 0.6) is 5.75 Å². The van der Waals surface area contributed by atoms with Crippen molar-refractivity contribution in [3.05, 3.63) is 22.4 Å². The lowest BCUT2D eigenvalue weighted by atomic mass is 10.3. The van der Waals surface area contributed by atoms with Crippen molar-refractivity contribution in [1.29, 1.82) is 0 Å². The standard InChI is InChI=1S/C11H16BrN3O3/c1-15(2)3-4-17-7-9-10(18-11(13)16)5-8(12)6-14-9/h5-6H,3-4,7H2,1-2H3,(H2,13,16). The molecule has 1 heterocycles. The number of nitrogens with two attached hydrogens (primary N) is 1. The Morgan fingerprint density at radius 2 is 2.28 bits per heavy atom. The minimum Gasteiger partial charge on any atom is -0.408 e. The van der Waals surface area contributed by atoms with Crippen molar-refractivity contribution in [2.75, 3.05) is 27.2 Å². The molecule has 0 unspecified atom stereocenters. The van der Waals surface area contributed by atoms with Crippen molar-refractivity contribution in [2.45, 2.75) is 6.61 Å². The molecule has 1 rings (SSSR count). The van der Waals surface area contributed by atoms with Gasteiger partial charge in [-0.05, 0) is 36.1 Å². The summed E-state index contributed by atoms with van der Waals surface area (Å²) in [6, 6.07) is 1.63. The van der Waals surface area contributed by atoms with Gasteiger partial charge in [0.15, 0.2) is 5.75 Å². The number of primary amides is 1. The molecule has 1 aromatic heterocycles. The second-order valence-corrected chi connectivity index (χ2v) is 4.79. The van der Waals surface area contributed by atoms with E-state index in [1.54, 1.807) is 12.3 Å². The Balaban J connectivity index is 2.60. The fourth-order valence-corrected chi connectivity index (χ4v) is 1.48. The molecule has 0 saturated carbocycles. The molecule has 0 atom stereocenters. The zero-order valence-corrected chi connectivity index (χ0v) is 11.9. The summed E-state index contributed by atoms with van der Waals surface area (Å²) in [5.41, 5.74) is 5.52. The quantitative estimate of drug-likeness (QED) is 0.802. The van der Waals surface area contributed by atoms with E-state index in [1.165, 1.54) is 0 Å². The normalized spacial score (nSPS) is 10.7. The van der Waals surface area contributed by atoms with E-state index in [2.05, 4.69) is 20.9 Å². The molecular weight excluding hydrogens is 302 g/mol. The summed E-state index contributed by atoms with van der Waals surface area (Å²) in [6.45, 7) is 1.65. The monoisotopic (exact) mass is 317 g/mol. The van der Waals surface area contributed by atoms with E-state index in [0.29, 0.717) is 22.5 Å². The van der Waals surface area contributed by atoms with Crippen molar-refractivity contribution in [1.82, 2.24) is 9.88 Å². The SMILES string of the molecule is CN(C)CCOCc1ncc(Br)cc1OC(N)=O. The van der Waals surface area contributed by atoms with Crippen molar-refractivity contribution >= 4 is 22.0 Å². The number of aromatic nitrogens is 1. The van der Waals surface area contributed by atoms with Gasteiger partial charge in [-0.3, -0.25) is 4.98 Å². The van der Waals surface area contributed by atoms with Gasteiger partial charge in [-0.15, -0.1) is 0 Å². The Bertz CT molecular complexity index is 413. The summed E-state index contributed by atoms with van der Waals surface area (Å²) in [6.07, 6.45) is 0.739. The summed E-state index contributed by atoms with van der Waals surface area (Å²) in [7, 11) is 3.92. The largest absolute Gasteiger partial charge is 0.410 e. The first kappa shape index (κ1) is 14.9. The number of halogens is 1. The Hall–Kier alpha value is -1.18. The topological polar surface area (TPSA) is 77.7 Å². The van der Waals surface area contributed by atoms with Crippen LogP contribution in [0.4, 0.5) is 4.79 Å². The van der Waals surface area contributed by atoms with Gasteiger partial charge in [0.2, 0.25) is 0 Å². The summed E-state index contributed by atoms with van der Waals surface area (Å²) >= 11 is 3.25. The first-order chi connectivity index (χ1) is 8.49. The summed E-state index contributed by atoms with van der Waals surface area (Å²) in [4.78, 5) is 16.9. The Morgan fingerprint density at radius 1 is 1.56 bits per heavy atom. The van der Waals surface area contributed by atoms with Crippen LogP contribution in [0.25, 0.3) is 0 Å². The van der Waals surface area contributed by atoms with Crippen LogP contribution in [0.3, 0.4) is 0 Å². The average molecular weight is 318 g/mol. The van der Waals surface area contributed by atoms with Gasteiger partial charge in [0.25, 0.3) is 0 Å². The smallest absolute Gasteiger partial charge is 0.408 e. The van der Waals surface area contributed by atoms with Crippen LogP contribution in [-0.2, 0) is 11.3 Å². The number of pyridine rings is 1. The van der Waals surface area contributed by atoms with E-state index in [4.69, 9.17) is 15.2 Å². The molecule has 100 valence electrons. The Labute approximate surface area is 114 Å². The van der Waals surface area contributed by atoms with Crippen LogP contribution in [0.2, 0.25) is 0 Å². The maximum absolute atomic E-state index is 10.8. The number of amides is 1. The first-order valence-electron chi connectivity index (χ1n) is 5.33. The number of carbonyl (C=O) groups is 1. The number of rotatable bonds is 6. The molecule has 2 N–H and O–H groups in total. The molecule has 0 aliphatic heterocycles. The third-order valence-electron chi connectivity index (χ3n) is 2.03. The number of hydrogen-bond donors (Lipinski definition) is 1. The van der Waals surface area contributed by atoms with Gasteiger partial charge in [0.05, 0.1) is 13.2 Å². The minimum atomic E-state index is -0.871. The van der Waals surface area contributed by atoms with E-state index < -0.39 is 6.09 Å². The highest BCUT2D eigenvalue weighted by molar-refractivity contribution is 9.10. The molecule has 0 aromatic carbocycles. The van der Waals surface area contributed by atoms with Crippen LogP contribution < -0.4 is 10.5 Å². The van der Waals surface area contributed by atoms with E-state index in [1.807, 2.05) is 19.0 Å². The molecule has 1 aromatic rings. The highest BCUT2D eigenvalue weighted by Crippen LogP contribution is 2.22. The zero-order valence-electron chi connectivity index (χ0n) is 10.4. The van der Waals surface area contributed by atoms with E-state index in [9.17, 15) is 4.79 Å². The van der Waals surface area contributed by atoms with Gasteiger partial charge in [-0.25, -0.2) is 4.79 Å². The molecule has 0 saturated heterocycles. The second kappa shape index (κ2) is 7.30. The van der Waals surface area contributed by atoms with Crippen LogP contribution >= 0.6 is 15.9 Å². The third-order valence-corrected chi connectivity index (χ3v) is 2.46. The number of hydrogen-bond acceptors (Lipinski definition) is 5. The average Bonchev–Trinajstić information content (AvgIpc) is 2.25. The lowest BCUT2D eigenvalue weighted by Crippen LogP contribution is -2.19. The molecule has 0 fully saturated rings. The summed E-state index contributed by atoms with van der Waals surface area (Å²) in [5, 5.41) is 0. The van der Waals surface area contributed by atoms with Crippen LogP contribution in [0, 0.1) is 0 Å². The molecule has 7 heteroatoms. The number of nitrogens with zero attached hydrogens (tertiary/aromatic N) is 2. The van der Waals surface area contributed by atoms with Crippen molar-refractivity contribution in [3.8, 4) is 5.75 Å². The summed E-state index contributed by atoms with van der Waals surface area (Å²) in [5.74, 6) is 0.307. The summed E-state index contributed by atoms with van der Waals surface area (Å²) < 4.78 is 11.0. The predicted octanol–water partition coefficient (Wildman–Crippen LogP) is 1.38. The molecule has 1 amide bonds. The fourth-order valence-electron chi connectivity index (χ4n) is 1.17. The molecule has 0 aliphatic rings. The Kier molecular flexibility index (Phi) is 6.03. The van der Waals surface area contributed by atoms with Gasteiger partial charge >= 0.3 is 6.09 Å². The minimum absolute atomic E-state index is 0.268. The number of ether oxygens (including phenoxy) is 2. The van der Waals surface area contributed by atoms with Gasteiger partial charge in [0, 0.05) is 17.2 Å². The lowest BCUT2D eigenvalue weighted by Gasteiger charge is -2.11. The molecule has 0 radical (unpaired) electrons. The highest BCUT2D eigenvalue weighted by Gasteiger charge is 2.09. The molecule has 18 heavy (non-hydrogen) atoms. The molecule has 0 aliphatic carbocycles.